The van der Waals surface area contributed by atoms with Crippen molar-refractivity contribution in [2.24, 2.45) is 0 Å². The summed E-state index contributed by atoms with van der Waals surface area (Å²) in [6.07, 6.45) is 3.70. The first-order valence-electron chi connectivity index (χ1n) is 5.50. The summed E-state index contributed by atoms with van der Waals surface area (Å²) < 4.78 is 4.20. The SMILES string of the molecule is OC1C[n+]2ccccc2-c2cccc[n+]2C1.[Br-]. The lowest BCUT2D eigenvalue weighted by Crippen LogP contribution is -3.00. The molecule has 0 saturated carbocycles. The maximum atomic E-state index is 9.94. The third-order valence-corrected chi connectivity index (χ3v) is 2.96. The molecule has 0 unspecified atom stereocenters. The van der Waals surface area contributed by atoms with Gasteiger partial charge in [-0.3, -0.25) is 0 Å². The van der Waals surface area contributed by atoms with E-state index in [9.17, 15) is 5.11 Å². The number of nitrogens with zero attached hydrogens (tertiary/aromatic N) is 2. The molecule has 1 N–H and O–H groups in total. The third-order valence-electron chi connectivity index (χ3n) is 2.96. The average molecular weight is 294 g/mol. The van der Waals surface area contributed by atoms with Crippen LogP contribution in [0.2, 0.25) is 0 Å². The Kier molecular flexibility index (Phi) is 3.54. The number of aromatic nitrogens is 2. The van der Waals surface area contributed by atoms with Gasteiger partial charge < -0.3 is 22.1 Å². The summed E-state index contributed by atoms with van der Waals surface area (Å²) in [4.78, 5) is 0. The number of fused-ring (bicyclic) bond motifs is 3. The molecule has 1 aliphatic rings. The molecule has 17 heavy (non-hydrogen) atoms. The van der Waals surface area contributed by atoms with Crippen molar-refractivity contribution in [2.45, 2.75) is 19.2 Å². The molecular weight excluding hydrogens is 280 g/mol. The molecule has 0 aromatic carbocycles. The quantitative estimate of drug-likeness (QED) is 0.527. The van der Waals surface area contributed by atoms with Crippen LogP contribution in [0.4, 0.5) is 0 Å². The number of hydrogen-bond acceptors (Lipinski definition) is 1. The fourth-order valence-corrected chi connectivity index (χ4v) is 2.25. The second-order valence-electron chi connectivity index (χ2n) is 4.13. The van der Waals surface area contributed by atoms with Gasteiger partial charge in [0, 0.05) is 24.3 Å². The van der Waals surface area contributed by atoms with E-state index in [1.807, 2.05) is 36.7 Å². The van der Waals surface area contributed by atoms with Crippen molar-refractivity contribution in [3.8, 4) is 11.4 Å². The first-order chi connectivity index (χ1) is 7.84. The first-order valence-corrected chi connectivity index (χ1v) is 5.50. The summed E-state index contributed by atoms with van der Waals surface area (Å²) in [7, 11) is 0. The maximum absolute atomic E-state index is 9.94. The molecule has 0 aliphatic carbocycles. The van der Waals surface area contributed by atoms with Crippen LogP contribution in [-0.2, 0) is 13.1 Å². The average Bonchev–Trinajstić information content (AvgIpc) is 2.44. The standard InChI is InChI=1S/C13H14N2O.BrH/c16-11-9-14-7-3-1-5-12(14)13-6-2-4-8-15(13)10-11;/h1-8,11,16H,9-10H2;1H/q+2;/p-1. The van der Waals surface area contributed by atoms with Gasteiger partial charge in [0.25, 0.3) is 11.4 Å². The zero-order chi connectivity index (χ0) is 11.0. The van der Waals surface area contributed by atoms with E-state index in [1.165, 1.54) is 0 Å². The van der Waals surface area contributed by atoms with Gasteiger partial charge in [0.2, 0.25) is 0 Å². The number of pyridine rings is 2. The molecule has 0 saturated heterocycles. The van der Waals surface area contributed by atoms with Crippen LogP contribution >= 0.6 is 0 Å². The van der Waals surface area contributed by atoms with Crippen LogP contribution in [0.3, 0.4) is 0 Å². The summed E-state index contributed by atoms with van der Waals surface area (Å²) in [6.45, 7) is 1.30. The zero-order valence-electron chi connectivity index (χ0n) is 9.33. The highest BCUT2D eigenvalue weighted by atomic mass is 79.9. The van der Waals surface area contributed by atoms with Crippen molar-refractivity contribution < 1.29 is 31.2 Å². The Bertz CT molecular complexity index is 483. The Labute approximate surface area is 111 Å². The second-order valence-corrected chi connectivity index (χ2v) is 4.13. The highest BCUT2D eigenvalue weighted by molar-refractivity contribution is 5.45. The minimum atomic E-state index is -0.334. The molecule has 3 heterocycles. The molecule has 3 nitrogen and oxygen atoms in total. The van der Waals surface area contributed by atoms with Gasteiger partial charge in [0.1, 0.15) is 0 Å². The maximum Gasteiger partial charge on any atom is 0.277 e. The summed E-state index contributed by atoms with van der Waals surface area (Å²) in [5.74, 6) is 0. The van der Waals surface area contributed by atoms with Crippen molar-refractivity contribution in [3.05, 3.63) is 48.8 Å². The van der Waals surface area contributed by atoms with E-state index in [4.69, 9.17) is 0 Å². The molecular formula is C13H14BrN2O+. The van der Waals surface area contributed by atoms with Gasteiger partial charge in [-0.25, -0.2) is 0 Å². The van der Waals surface area contributed by atoms with E-state index in [-0.39, 0.29) is 23.1 Å². The molecule has 0 radical (unpaired) electrons. The van der Waals surface area contributed by atoms with Crippen LogP contribution in [0.5, 0.6) is 0 Å². The molecule has 0 atom stereocenters. The number of rotatable bonds is 0. The fraction of sp³-hybridized carbons (Fsp3) is 0.231. The van der Waals surface area contributed by atoms with E-state index < -0.39 is 0 Å². The lowest BCUT2D eigenvalue weighted by atomic mass is 10.2. The van der Waals surface area contributed by atoms with Gasteiger partial charge in [-0.05, 0) is 12.1 Å². The van der Waals surface area contributed by atoms with Gasteiger partial charge in [-0.1, -0.05) is 0 Å². The number of aliphatic hydroxyl groups excluding tert-OH is 1. The molecule has 0 amide bonds. The lowest BCUT2D eigenvalue weighted by molar-refractivity contribution is -0.700. The highest BCUT2D eigenvalue weighted by Gasteiger charge is 2.30. The van der Waals surface area contributed by atoms with Crippen molar-refractivity contribution in [2.75, 3.05) is 0 Å². The fourth-order valence-electron chi connectivity index (χ4n) is 2.25. The summed E-state index contributed by atoms with van der Waals surface area (Å²) in [5.41, 5.74) is 2.30. The van der Waals surface area contributed by atoms with Gasteiger partial charge in [-0.15, -0.1) is 0 Å². The molecule has 0 spiro atoms. The van der Waals surface area contributed by atoms with Gasteiger partial charge in [-0.2, -0.15) is 9.13 Å². The van der Waals surface area contributed by atoms with E-state index in [1.54, 1.807) is 0 Å². The molecule has 1 aliphatic heterocycles. The number of aliphatic hydroxyl groups is 1. The van der Waals surface area contributed by atoms with Crippen molar-refractivity contribution in [1.82, 2.24) is 0 Å². The van der Waals surface area contributed by atoms with E-state index in [2.05, 4.69) is 21.3 Å². The van der Waals surface area contributed by atoms with Crippen LogP contribution in [0.15, 0.2) is 48.8 Å². The highest BCUT2D eigenvalue weighted by Crippen LogP contribution is 2.12. The van der Waals surface area contributed by atoms with Gasteiger partial charge in [0.15, 0.2) is 31.6 Å². The second kappa shape index (κ2) is 4.94. The largest absolute Gasteiger partial charge is 1.00 e. The van der Waals surface area contributed by atoms with E-state index in [0.717, 1.165) is 11.4 Å². The molecule has 2 aromatic rings. The normalized spacial score (nSPS) is 14.2. The minimum Gasteiger partial charge on any atom is -1.00 e. The minimum absolute atomic E-state index is 0. The Morgan fingerprint density at radius 1 is 0.882 bits per heavy atom. The molecule has 3 rings (SSSR count). The summed E-state index contributed by atoms with van der Waals surface area (Å²) in [5, 5.41) is 9.94. The third kappa shape index (κ3) is 2.23. The first kappa shape index (κ1) is 12.2. The van der Waals surface area contributed by atoms with Crippen LogP contribution in [0.1, 0.15) is 0 Å². The van der Waals surface area contributed by atoms with Crippen LogP contribution in [0, 0.1) is 0 Å². The molecule has 88 valence electrons. The Hall–Kier alpha value is -1.26. The van der Waals surface area contributed by atoms with Crippen molar-refractivity contribution >= 4 is 0 Å². The van der Waals surface area contributed by atoms with Crippen LogP contribution < -0.4 is 26.1 Å². The summed E-state index contributed by atoms with van der Waals surface area (Å²) >= 11 is 0. The Morgan fingerprint density at radius 2 is 1.35 bits per heavy atom. The summed E-state index contributed by atoms with van der Waals surface area (Å²) in [6, 6.07) is 12.2. The van der Waals surface area contributed by atoms with Crippen molar-refractivity contribution in [1.29, 1.82) is 0 Å². The number of hydrogen-bond donors (Lipinski definition) is 1. The Morgan fingerprint density at radius 3 is 1.82 bits per heavy atom. The van der Waals surface area contributed by atoms with Crippen LogP contribution in [0.25, 0.3) is 11.4 Å². The zero-order valence-corrected chi connectivity index (χ0v) is 10.9. The van der Waals surface area contributed by atoms with E-state index >= 15 is 0 Å². The predicted octanol–water partition coefficient (Wildman–Crippen LogP) is -2.69. The molecule has 0 fully saturated rings. The smallest absolute Gasteiger partial charge is 0.277 e. The van der Waals surface area contributed by atoms with Gasteiger partial charge >= 0.3 is 0 Å². The topological polar surface area (TPSA) is 28.0 Å². The lowest BCUT2D eigenvalue weighted by Gasteiger charge is -1.99. The molecule has 0 bridgehead atoms. The van der Waals surface area contributed by atoms with Crippen LogP contribution in [-0.4, -0.2) is 11.2 Å². The Balaban J connectivity index is 0.00000108. The monoisotopic (exact) mass is 293 g/mol. The predicted molar refractivity (Wildman–Crippen MR) is 58.3 cm³/mol. The van der Waals surface area contributed by atoms with Gasteiger partial charge in [0.05, 0.1) is 0 Å². The van der Waals surface area contributed by atoms with Crippen molar-refractivity contribution in [3.63, 3.8) is 0 Å². The van der Waals surface area contributed by atoms with E-state index in [0.29, 0.717) is 13.1 Å². The molecule has 4 heteroatoms. The molecule has 2 aromatic heterocycles. The number of halogens is 1.